The van der Waals surface area contributed by atoms with Gasteiger partial charge in [0, 0.05) is 18.3 Å². The Hall–Kier alpha value is -3.71. The van der Waals surface area contributed by atoms with E-state index in [0.29, 0.717) is 15.2 Å². The molecule has 0 N–H and O–H groups in total. The van der Waals surface area contributed by atoms with Crippen molar-refractivity contribution >= 4 is 19.2 Å². The van der Waals surface area contributed by atoms with Gasteiger partial charge in [-0.05, 0) is 77.1 Å². The molecule has 42 heavy (non-hydrogen) atoms. The number of ether oxygens (including phenoxy) is 1. The molecule has 0 bridgehead atoms. The normalized spacial score (nSPS) is 13.9. The maximum atomic E-state index is 6.79. The summed E-state index contributed by atoms with van der Waals surface area (Å²) in [5.74, 6) is 1.05. The van der Waals surface area contributed by atoms with E-state index in [1.165, 1.54) is 76.3 Å². The van der Waals surface area contributed by atoms with E-state index in [1.54, 1.807) is 0 Å². The minimum atomic E-state index is 0.525. The van der Waals surface area contributed by atoms with E-state index < -0.39 is 0 Å². The number of likely N-dealkylation sites (tertiary alicyclic amines) is 1. The van der Waals surface area contributed by atoms with Crippen LogP contribution >= 0.6 is 8.58 Å². The zero-order valence-electron chi connectivity index (χ0n) is 24.3. The summed E-state index contributed by atoms with van der Waals surface area (Å²) in [4.78, 5) is 2.63. The number of benzene rings is 5. The van der Waals surface area contributed by atoms with Crippen LogP contribution in [0, 0.1) is 0 Å². The molecule has 0 saturated carbocycles. The molecule has 0 spiro atoms. The highest BCUT2D eigenvalue weighted by atomic mass is 31.1. The topological polar surface area (TPSA) is 12.5 Å². The molecule has 1 unspecified atom stereocenters. The van der Waals surface area contributed by atoms with Crippen molar-refractivity contribution in [3.05, 3.63) is 161 Å². The SMILES string of the molecule is c1ccc(COc2c(Cc3ccccc3)cc(Cc3ccccc3)cc2Pc2ccccc2CN2CCCCC2)cc1. The van der Waals surface area contributed by atoms with Crippen molar-refractivity contribution in [2.45, 2.75) is 45.3 Å². The Labute approximate surface area is 253 Å². The van der Waals surface area contributed by atoms with E-state index in [0.717, 1.165) is 25.1 Å². The van der Waals surface area contributed by atoms with Crippen molar-refractivity contribution in [1.82, 2.24) is 4.90 Å². The van der Waals surface area contributed by atoms with Crippen LogP contribution in [0.15, 0.2) is 127 Å². The first-order valence-corrected chi connectivity index (χ1v) is 16.3. The molecule has 1 heterocycles. The van der Waals surface area contributed by atoms with Crippen molar-refractivity contribution < 1.29 is 4.74 Å². The lowest BCUT2D eigenvalue weighted by molar-refractivity contribution is 0.221. The molecular formula is C39H40NOP. The molecular weight excluding hydrogens is 529 g/mol. The Balaban J connectivity index is 1.39. The molecule has 0 aromatic heterocycles. The van der Waals surface area contributed by atoms with Crippen LogP contribution in [0.25, 0.3) is 0 Å². The van der Waals surface area contributed by atoms with E-state index in [-0.39, 0.29) is 0 Å². The summed E-state index contributed by atoms with van der Waals surface area (Å²) >= 11 is 0. The van der Waals surface area contributed by atoms with E-state index in [9.17, 15) is 0 Å². The lowest BCUT2D eigenvalue weighted by Crippen LogP contribution is -2.30. The number of hydrogen-bond donors (Lipinski definition) is 0. The molecule has 0 radical (unpaired) electrons. The number of piperidine rings is 1. The lowest BCUT2D eigenvalue weighted by Gasteiger charge is -2.27. The van der Waals surface area contributed by atoms with Crippen molar-refractivity contribution in [1.29, 1.82) is 0 Å². The zero-order chi connectivity index (χ0) is 28.4. The number of hydrogen-bond acceptors (Lipinski definition) is 2. The second-order valence-electron chi connectivity index (χ2n) is 11.3. The van der Waals surface area contributed by atoms with Gasteiger partial charge in [-0.3, -0.25) is 4.90 Å². The maximum absolute atomic E-state index is 6.79. The van der Waals surface area contributed by atoms with E-state index in [4.69, 9.17) is 4.74 Å². The molecule has 0 amide bonds. The monoisotopic (exact) mass is 569 g/mol. The van der Waals surface area contributed by atoms with Crippen molar-refractivity contribution in [2.75, 3.05) is 13.1 Å². The fraction of sp³-hybridized carbons (Fsp3) is 0.231. The van der Waals surface area contributed by atoms with Gasteiger partial charge in [0.15, 0.2) is 0 Å². The van der Waals surface area contributed by atoms with Crippen molar-refractivity contribution in [3.63, 3.8) is 0 Å². The molecule has 5 aromatic carbocycles. The summed E-state index contributed by atoms with van der Waals surface area (Å²) in [6.07, 6.45) is 5.74. The highest BCUT2D eigenvalue weighted by molar-refractivity contribution is 7.55. The van der Waals surface area contributed by atoms with Crippen LogP contribution in [0.1, 0.15) is 52.6 Å². The van der Waals surface area contributed by atoms with E-state index >= 15 is 0 Å². The molecule has 5 aromatic rings. The smallest absolute Gasteiger partial charge is 0.131 e. The Bertz CT molecular complexity index is 1550. The Morgan fingerprint density at radius 1 is 0.524 bits per heavy atom. The quantitative estimate of drug-likeness (QED) is 0.149. The molecule has 1 aliphatic rings. The summed E-state index contributed by atoms with van der Waals surface area (Å²) in [7, 11) is 0.525. The lowest BCUT2D eigenvalue weighted by atomic mass is 9.98. The van der Waals surface area contributed by atoms with Crippen LogP contribution < -0.4 is 15.3 Å². The molecule has 1 aliphatic heterocycles. The molecule has 1 atom stereocenters. The average Bonchev–Trinajstić information content (AvgIpc) is 3.04. The van der Waals surface area contributed by atoms with Gasteiger partial charge in [-0.2, -0.15) is 0 Å². The predicted octanol–water partition coefficient (Wildman–Crippen LogP) is 8.06. The third kappa shape index (κ3) is 7.77. The van der Waals surface area contributed by atoms with Gasteiger partial charge in [0.2, 0.25) is 0 Å². The third-order valence-electron chi connectivity index (χ3n) is 8.07. The highest BCUT2D eigenvalue weighted by Gasteiger charge is 2.18. The van der Waals surface area contributed by atoms with Gasteiger partial charge < -0.3 is 4.74 Å². The van der Waals surface area contributed by atoms with Crippen LogP contribution in [-0.4, -0.2) is 18.0 Å². The first kappa shape index (κ1) is 28.4. The van der Waals surface area contributed by atoms with Crippen molar-refractivity contribution in [2.24, 2.45) is 0 Å². The second kappa shape index (κ2) is 14.5. The van der Waals surface area contributed by atoms with E-state index in [1.807, 2.05) is 0 Å². The maximum Gasteiger partial charge on any atom is 0.131 e. The average molecular weight is 570 g/mol. The van der Waals surface area contributed by atoms with Crippen LogP contribution in [0.5, 0.6) is 5.75 Å². The van der Waals surface area contributed by atoms with Crippen LogP contribution in [0.3, 0.4) is 0 Å². The minimum absolute atomic E-state index is 0.525. The van der Waals surface area contributed by atoms with Gasteiger partial charge in [-0.1, -0.05) is 136 Å². The van der Waals surface area contributed by atoms with Crippen LogP contribution in [0.4, 0.5) is 0 Å². The third-order valence-corrected chi connectivity index (χ3v) is 9.47. The van der Waals surface area contributed by atoms with Crippen molar-refractivity contribution in [3.8, 4) is 5.75 Å². The Kier molecular flexibility index (Phi) is 9.78. The molecule has 2 nitrogen and oxygen atoms in total. The van der Waals surface area contributed by atoms with Gasteiger partial charge >= 0.3 is 0 Å². The molecule has 6 rings (SSSR count). The largest absolute Gasteiger partial charge is 0.488 e. The first-order valence-electron chi connectivity index (χ1n) is 15.3. The molecule has 212 valence electrons. The van der Waals surface area contributed by atoms with Gasteiger partial charge in [0.1, 0.15) is 12.4 Å². The number of rotatable bonds is 11. The predicted molar refractivity (Wildman–Crippen MR) is 179 cm³/mol. The van der Waals surface area contributed by atoms with Crippen LogP contribution in [0.2, 0.25) is 0 Å². The molecule has 3 heteroatoms. The molecule has 0 aliphatic carbocycles. The molecule has 1 fully saturated rings. The molecule has 1 saturated heterocycles. The fourth-order valence-electron chi connectivity index (χ4n) is 5.91. The number of nitrogens with zero attached hydrogens (tertiary/aromatic N) is 1. The highest BCUT2D eigenvalue weighted by Crippen LogP contribution is 2.30. The van der Waals surface area contributed by atoms with Gasteiger partial charge in [-0.25, -0.2) is 0 Å². The summed E-state index contributed by atoms with van der Waals surface area (Å²) in [5, 5.41) is 2.73. The second-order valence-corrected chi connectivity index (χ2v) is 12.7. The van der Waals surface area contributed by atoms with Gasteiger partial charge in [0.25, 0.3) is 0 Å². The fourth-order valence-corrected chi connectivity index (χ4v) is 7.31. The summed E-state index contributed by atoms with van der Waals surface area (Å²) in [6, 6.07) is 46.0. The summed E-state index contributed by atoms with van der Waals surface area (Å²) < 4.78 is 6.79. The minimum Gasteiger partial charge on any atom is -0.488 e. The standard InChI is InChI=1S/C39H40NOP/c1-5-15-31(16-6-1)25-34-27-36(26-32-17-7-2-8-18-32)39(41-30-33-19-9-3-10-20-33)38(28-34)42-37-22-12-11-21-35(37)29-40-23-13-4-14-24-40/h1-3,5-12,15-22,27-28,42H,4,13-14,23-26,29-30H2. The summed E-state index contributed by atoms with van der Waals surface area (Å²) in [6.45, 7) is 4.00. The van der Waals surface area contributed by atoms with Gasteiger partial charge in [0.05, 0.1) is 0 Å². The van der Waals surface area contributed by atoms with Crippen LogP contribution in [-0.2, 0) is 26.0 Å². The van der Waals surface area contributed by atoms with E-state index in [2.05, 4.69) is 132 Å². The van der Waals surface area contributed by atoms with Gasteiger partial charge in [-0.15, -0.1) is 0 Å². The summed E-state index contributed by atoms with van der Waals surface area (Å²) in [5.41, 5.74) is 7.89. The Morgan fingerprint density at radius 3 is 1.81 bits per heavy atom. The first-order chi connectivity index (χ1) is 20.8. The zero-order valence-corrected chi connectivity index (χ0v) is 25.3. The Morgan fingerprint density at radius 2 is 1.12 bits per heavy atom.